The van der Waals surface area contributed by atoms with Crippen molar-refractivity contribution in [1.82, 2.24) is 9.55 Å². The van der Waals surface area contributed by atoms with Crippen LogP contribution in [-0.4, -0.2) is 9.55 Å². The number of hydrogen-bond donors (Lipinski definition) is 1. The van der Waals surface area contributed by atoms with E-state index in [4.69, 9.17) is 5.73 Å². The zero-order valence-corrected chi connectivity index (χ0v) is 8.87. The summed E-state index contributed by atoms with van der Waals surface area (Å²) in [5.41, 5.74) is 6.82. The van der Waals surface area contributed by atoms with Crippen LogP contribution in [0.15, 0.2) is 18.2 Å². The van der Waals surface area contributed by atoms with Gasteiger partial charge in [0.1, 0.15) is 11.3 Å². The maximum Gasteiger partial charge on any atom is 0.151 e. The molecule has 4 heteroatoms. The molecule has 0 aliphatic rings. The van der Waals surface area contributed by atoms with Crippen LogP contribution in [0.25, 0.3) is 11.0 Å². The van der Waals surface area contributed by atoms with Crippen LogP contribution in [-0.2, 0) is 6.54 Å². The van der Waals surface area contributed by atoms with E-state index in [1.165, 1.54) is 6.07 Å². The number of benzene rings is 1. The van der Waals surface area contributed by atoms with E-state index in [-0.39, 0.29) is 11.9 Å². The molecular weight excluding hydrogens is 193 g/mol. The van der Waals surface area contributed by atoms with Gasteiger partial charge in [-0.15, -0.1) is 0 Å². The number of fused-ring (bicyclic) bond motifs is 1. The third kappa shape index (κ3) is 1.51. The molecule has 2 rings (SSSR count). The first-order chi connectivity index (χ1) is 7.15. The first kappa shape index (κ1) is 10.1. The standard InChI is InChI=1S/C11H14FN3/c1-7(2)15-9-5-3-4-8(12)11(9)14-10(15)6-13/h3-5,7H,6,13H2,1-2H3. The lowest BCUT2D eigenvalue weighted by molar-refractivity contribution is 0.585. The minimum atomic E-state index is -0.290. The van der Waals surface area contributed by atoms with E-state index in [0.717, 1.165) is 11.3 Å². The van der Waals surface area contributed by atoms with Gasteiger partial charge in [0, 0.05) is 6.04 Å². The third-order valence-corrected chi connectivity index (χ3v) is 2.44. The largest absolute Gasteiger partial charge is 0.324 e. The van der Waals surface area contributed by atoms with Crippen LogP contribution in [0.2, 0.25) is 0 Å². The minimum Gasteiger partial charge on any atom is -0.324 e. The molecule has 15 heavy (non-hydrogen) atoms. The van der Waals surface area contributed by atoms with Gasteiger partial charge in [0.05, 0.1) is 12.1 Å². The third-order valence-electron chi connectivity index (χ3n) is 2.44. The van der Waals surface area contributed by atoms with E-state index in [2.05, 4.69) is 4.98 Å². The minimum absolute atomic E-state index is 0.232. The summed E-state index contributed by atoms with van der Waals surface area (Å²) in [7, 11) is 0. The maximum absolute atomic E-state index is 13.5. The highest BCUT2D eigenvalue weighted by molar-refractivity contribution is 5.76. The summed E-state index contributed by atoms with van der Waals surface area (Å²) in [6.45, 7) is 4.39. The fourth-order valence-corrected chi connectivity index (χ4v) is 1.85. The average molecular weight is 207 g/mol. The van der Waals surface area contributed by atoms with E-state index >= 15 is 0 Å². The van der Waals surface area contributed by atoms with Gasteiger partial charge in [-0.2, -0.15) is 0 Å². The lowest BCUT2D eigenvalue weighted by Gasteiger charge is -2.11. The van der Waals surface area contributed by atoms with Crippen molar-refractivity contribution in [2.75, 3.05) is 0 Å². The Morgan fingerprint density at radius 2 is 2.20 bits per heavy atom. The molecule has 0 aliphatic carbocycles. The Bertz CT molecular complexity index is 488. The smallest absolute Gasteiger partial charge is 0.151 e. The second-order valence-electron chi connectivity index (χ2n) is 3.80. The number of aromatic nitrogens is 2. The lowest BCUT2D eigenvalue weighted by atomic mass is 10.3. The number of imidazole rings is 1. The molecule has 80 valence electrons. The highest BCUT2D eigenvalue weighted by Gasteiger charge is 2.14. The molecule has 1 aromatic heterocycles. The Kier molecular flexibility index (Phi) is 2.44. The number of halogens is 1. The van der Waals surface area contributed by atoms with Crippen molar-refractivity contribution >= 4 is 11.0 Å². The second kappa shape index (κ2) is 3.62. The van der Waals surface area contributed by atoms with E-state index in [9.17, 15) is 4.39 Å². The summed E-state index contributed by atoms with van der Waals surface area (Å²) in [5, 5.41) is 0. The monoisotopic (exact) mass is 207 g/mol. The topological polar surface area (TPSA) is 43.8 Å². The van der Waals surface area contributed by atoms with Crippen LogP contribution in [0.1, 0.15) is 25.7 Å². The van der Waals surface area contributed by atoms with Crippen LogP contribution in [0.5, 0.6) is 0 Å². The Balaban J connectivity index is 2.80. The zero-order valence-electron chi connectivity index (χ0n) is 8.87. The van der Waals surface area contributed by atoms with Gasteiger partial charge in [-0.3, -0.25) is 0 Å². The van der Waals surface area contributed by atoms with Crippen molar-refractivity contribution < 1.29 is 4.39 Å². The summed E-state index contributed by atoms with van der Waals surface area (Å²) >= 11 is 0. The molecule has 0 bridgehead atoms. The molecule has 3 nitrogen and oxygen atoms in total. The van der Waals surface area contributed by atoms with Crippen molar-refractivity contribution in [3.63, 3.8) is 0 Å². The molecule has 1 heterocycles. The van der Waals surface area contributed by atoms with Crippen molar-refractivity contribution in [3.05, 3.63) is 29.8 Å². The number of nitrogens with two attached hydrogens (primary N) is 1. The van der Waals surface area contributed by atoms with Crippen molar-refractivity contribution in [2.24, 2.45) is 5.73 Å². The highest BCUT2D eigenvalue weighted by Crippen LogP contribution is 2.22. The molecule has 0 amide bonds. The molecule has 0 aliphatic heterocycles. The van der Waals surface area contributed by atoms with E-state index in [0.29, 0.717) is 12.1 Å². The van der Waals surface area contributed by atoms with Gasteiger partial charge < -0.3 is 10.3 Å². The molecule has 2 N–H and O–H groups in total. The molecule has 0 saturated carbocycles. The first-order valence-corrected chi connectivity index (χ1v) is 5.00. The van der Waals surface area contributed by atoms with Gasteiger partial charge in [-0.25, -0.2) is 9.37 Å². The summed E-state index contributed by atoms with van der Waals surface area (Å²) < 4.78 is 15.4. The van der Waals surface area contributed by atoms with Crippen molar-refractivity contribution in [3.8, 4) is 0 Å². The second-order valence-corrected chi connectivity index (χ2v) is 3.80. The molecule has 0 fully saturated rings. The predicted octanol–water partition coefficient (Wildman–Crippen LogP) is 2.21. The number of para-hydroxylation sites is 1. The molecule has 0 saturated heterocycles. The maximum atomic E-state index is 13.5. The van der Waals surface area contributed by atoms with Gasteiger partial charge in [0.2, 0.25) is 0 Å². The summed E-state index contributed by atoms with van der Waals surface area (Å²) in [6.07, 6.45) is 0. The molecule has 0 spiro atoms. The molecule has 0 radical (unpaired) electrons. The molecular formula is C11H14FN3. The molecule has 0 atom stereocenters. The van der Waals surface area contributed by atoms with E-state index in [1.54, 1.807) is 6.07 Å². The van der Waals surface area contributed by atoms with Crippen LogP contribution >= 0.6 is 0 Å². The van der Waals surface area contributed by atoms with Gasteiger partial charge in [0.25, 0.3) is 0 Å². The normalized spacial score (nSPS) is 11.5. The Labute approximate surface area is 87.7 Å². The molecule has 0 unspecified atom stereocenters. The first-order valence-electron chi connectivity index (χ1n) is 5.00. The van der Waals surface area contributed by atoms with Crippen LogP contribution in [0.4, 0.5) is 4.39 Å². The van der Waals surface area contributed by atoms with E-state index in [1.807, 2.05) is 24.5 Å². The fraction of sp³-hybridized carbons (Fsp3) is 0.364. The fourth-order valence-electron chi connectivity index (χ4n) is 1.85. The Hall–Kier alpha value is -1.42. The highest BCUT2D eigenvalue weighted by atomic mass is 19.1. The Morgan fingerprint density at radius 3 is 2.80 bits per heavy atom. The van der Waals surface area contributed by atoms with E-state index < -0.39 is 0 Å². The number of nitrogens with zero attached hydrogens (tertiary/aromatic N) is 2. The predicted molar refractivity (Wildman–Crippen MR) is 58.0 cm³/mol. The van der Waals surface area contributed by atoms with Crippen molar-refractivity contribution in [2.45, 2.75) is 26.4 Å². The van der Waals surface area contributed by atoms with Gasteiger partial charge in [-0.1, -0.05) is 6.07 Å². The summed E-state index contributed by atoms with van der Waals surface area (Å²) in [4.78, 5) is 4.21. The summed E-state index contributed by atoms with van der Waals surface area (Å²) in [5.74, 6) is 0.437. The van der Waals surface area contributed by atoms with Crippen LogP contribution in [0, 0.1) is 5.82 Å². The van der Waals surface area contributed by atoms with Crippen LogP contribution in [0.3, 0.4) is 0 Å². The van der Waals surface area contributed by atoms with Gasteiger partial charge in [-0.05, 0) is 26.0 Å². The van der Waals surface area contributed by atoms with Gasteiger partial charge >= 0.3 is 0 Å². The zero-order chi connectivity index (χ0) is 11.0. The molecule has 1 aromatic carbocycles. The summed E-state index contributed by atoms with van der Waals surface area (Å²) in [6, 6.07) is 5.21. The SMILES string of the molecule is CC(C)n1c(CN)nc2c(F)cccc21. The lowest BCUT2D eigenvalue weighted by Crippen LogP contribution is -2.10. The number of hydrogen-bond acceptors (Lipinski definition) is 2. The molecule has 2 aromatic rings. The van der Waals surface area contributed by atoms with Crippen LogP contribution < -0.4 is 5.73 Å². The quantitative estimate of drug-likeness (QED) is 0.820. The number of rotatable bonds is 2. The average Bonchev–Trinajstić information content (AvgIpc) is 2.57. The van der Waals surface area contributed by atoms with Crippen molar-refractivity contribution in [1.29, 1.82) is 0 Å². The van der Waals surface area contributed by atoms with Gasteiger partial charge in [0.15, 0.2) is 5.82 Å². The Morgan fingerprint density at radius 1 is 1.47 bits per heavy atom.